The fourth-order valence-corrected chi connectivity index (χ4v) is 2.81. The zero-order valence-corrected chi connectivity index (χ0v) is 18.5. The van der Waals surface area contributed by atoms with Crippen LogP contribution in [0.3, 0.4) is 0 Å². The van der Waals surface area contributed by atoms with Crippen molar-refractivity contribution in [2.75, 3.05) is 13.6 Å². The lowest BCUT2D eigenvalue weighted by molar-refractivity contribution is -0.274. The standard InChI is InChI=1S/C17H23NO.C8H7F3O/c1-6-13(3)15-10-8-9-11-16(15)14(4)12-18(5)17(19)7-2;1-6-2-4-7(5-3-6)12-8(9,10)11/h7-11,13H,2,4,6,12H2,1,3,5H3;2-5H,1H3. The van der Waals surface area contributed by atoms with E-state index in [0.717, 1.165) is 23.1 Å². The highest BCUT2D eigenvalue weighted by atomic mass is 19.4. The third kappa shape index (κ3) is 9.11. The summed E-state index contributed by atoms with van der Waals surface area (Å²) >= 11 is 0. The van der Waals surface area contributed by atoms with Gasteiger partial charge in [-0.05, 0) is 54.2 Å². The number of hydrogen-bond acceptors (Lipinski definition) is 2. The van der Waals surface area contributed by atoms with E-state index >= 15 is 0 Å². The van der Waals surface area contributed by atoms with E-state index < -0.39 is 6.36 Å². The van der Waals surface area contributed by atoms with Gasteiger partial charge in [0.25, 0.3) is 0 Å². The van der Waals surface area contributed by atoms with Crippen LogP contribution in [-0.2, 0) is 4.79 Å². The van der Waals surface area contributed by atoms with Gasteiger partial charge in [0.15, 0.2) is 0 Å². The van der Waals surface area contributed by atoms with Crippen molar-refractivity contribution in [1.29, 1.82) is 0 Å². The van der Waals surface area contributed by atoms with Crippen molar-refractivity contribution in [2.45, 2.75) is 39.5 Å². The van der Waals surface area contributed by atoms with E-state index in [-0.39, 0.29) is 11.7 Å². The number of rotatable bonds is 7. The van der Waals surface area contributed by atoms with Crippen molar-refractivity contribution >= 4 is 11.5 Å². The molecule has 0 aromatic heterocycles. The van der Waals surface area contributed by atoms with Crippen molar-refractivity contribution < 1.29 is 22.7 Å². The highest BCUT2D eigenvalue weighted by Crippen LogP contribution is 2.27. The largest absolute Gasteiger partial charge is 0.573 e. The van der Waals surface area contributed by atoms with Crippen LogP contribution in [0.5, 0.6) is 5.75 Å². The lowest BCUT2D eigenvalue weighted by atomic mass is 9.90. The van der Waals surface area contributed by atoms with Gasteiger partial charge in [-0.15, -0.1) is 13.2 Å². The second kappa shape index (κ2) is 12.0. The average Bonchev–Trinajstić information content (AvgIpc) is 2.73. The maximum Gasteiger partial charge on any atom is 0.573 e. The predicted octanol–water partition coefficient (Wildman–Crippen LogP) is 6.75. The number of nitrogens with zero attached hydrogens (tertiary/aromatic N) is 1. The first kappa shape index (κ1) is 26.0. The van der Waals surface area contributed by atoms with Gasteiger partial charge in [-0.25, -0.2) is 0 Å². The molecule has 2 aromatic carbocycles. The van der Waals surface area contributed by atoms with Crippen LogP contribution in [0, 0.1) is 6.92 Å². The molecule has 6 heteroatoms. The van der Waals surface area contributed by atoms with Crippen LogP contribution in [0.2, 0.25) is 0 Å². The van der Waals surface area contributed by atoms with Gasteiger partial charge in [0, 0.05) is 13.6 Å². The van der Waals surface area contributed by atoms with E-state index in [2.05, 4.69) is 49.9 Å². The Hall–Kier alpha value is -3.02. The highest BCUT2D eigenvalue weighted by molar-refractivity contribution is 5.88. The van der Waals surface area contributed by atoms with Crippen molar-refractivity contribution in [3.63, 3.8) is 0 Å². The zero-order valence-electron chi connectivity index (χ0n) is 18.5. The van der Waals surface area contributed by atoms with Crippen LogP contribution in [0.25, 0.3) is 5.57 Å². The minimum Gasteiger partial charge on any atom is -0.406 e. The van der Waals surface area contributed by atoms with Crippen molar-refractivity contribution in [1.82, 2.24) is 4.90 Å². The Bertz CT molecular complexity index is 873. The first-order valence-electron chi connectivity index (χ1n) is 9.95. The molecule has 2 rings (SSSR count). The SMILES string of the molecule is C=CC(=O)N(C)CC(=C)c1ccccc1C(C)CC.Cc1ccc(OC(F)(F)F)cc1. The summed E-state index contributed by atoms with van der Waals surface area (Å²) in [6, 6.07) is 14.0. The van der Waals surface area contributed by atoms with Crippen molar-refractivity contribution in [3.8, 4) is 5.75 Å². The molecule has 1 atom stereocenters. The van der Waals surface area contributed by atoms with Crippen LogP contribution in [0.1, 0.15) is 42.9 Å². The number of carbonyl (C=O) groups excluding carboxylic acids is 1. The van der Waals surface area contributed by atoms with Crippen LogP contribution < -0.4 is 4.74 Å². The smallest absolute Gasteiger partial charge is 0.406 e. The van der Waals surface area contributed by atoms with Gasteiger partial charge in [-0.1, -0.05) is 69.0 Å². The number of likely N-dealkylation sites (N-methyl/N-ethyl adjacent to an activating group) is 1. The molecule has 0 radical (unpaired) electrons. The van der Waals surface area contributed by atoms with Gasteiger partial charge >= 0.3 is 6.36 Å². The Morgan fingerprint density at radius 2 is 1.74 bits per heavy atom. The Kier molecular flexibility index (Phi) is 10.1. The summed E-state index contributed by atoms with van der Waals surface area (Å²) in [4.78, 5) is 13.1. The monoisotopic (exact) mass is 433 g/mol. The second-order valence-corrected chi connectivity index (χ2v) is 7.26. The molecule has 2 aromatic rings. The number of carbonyl (C=O) groups is 1. The first-order chi connectivity index (χ1) is 14.5. The molecule has 0 aliphatic carbocycles. The summed E-state index contributed by atoms with van der Waals surface area (Å²) in [6.07, 6.45) is -2.19. The molecule has 0 fully saturated rings. The summed E-state index contributed by atoms with van der Waals surface area (Å²) in [5.74, 6) is 0.226. The molecule has 0 aliphatic heterocycles. The zero-order chi connectivity index (χ0) is 23.6. The Morgan fingerprint density at radius 1 is 1.16 bits per heavy atom. The molecule has 3 nitrogen and oxygen atoms in total. The second-order valence-electron chi connectivity index (χ2n) is 7.26. The minimum absolute atomic E-state index is 0.0813. The summed E-state index contributed by atoms with van der Waals surface area (Å²) in [6.45, 7) is 14.3. The molecule has 0 heterocycles. The van der Waals surface area contributed by atoms with E-state index in [1.807, 2.05) is 6.07 Å². The normalized spacial score (nSPS) is 11.6. The summed E-state index contributed by atoms with van der Waals surface area (Å²) < 4.78 is 38.5. The Labute approximate surface area is 182 Å². The number of aryl methyl sites for hydroxylation is 1. The van der Waals surface area contributed by atoms with E-state index in [4.69, 9.17) is 0 Å². The molecular formula is C25H30F3NO2. The number of halogens is 3. The van der Waals surface area contributed by atoms with Crippen LogP contribution >= 0.6 is 0 Å². The predicted molar refractivity (Wildman–Crippen MR) is 120 cm³/mol. The lowest BCUT2D eigenvalue weighted by Crippen LogP contribution is -2.26. The number of alkyl halides is 3. The van der Waals surface area contributed by atoms with E-state index in [0.29, 0.717) is 12.5 Å². The summed E-state index contributed by atoms with van der Waals surface area (Å²) in [5.41, 5.74) is 4.31. The van der Waals surface area contributed by atoms with E-state index in [1.54, 1.807) is 31.0 Å². The fourth-order valence-electron chi connectivity index (χ4n) is 2.81. The molecule has 0 spiro atoms. The number of amides is 1. The maximum atomic E-state index is 11.6. The quantitative estimate of drug-likeness (QED) is 0.452. The fraction of sp³-hybridized carbons (Fsp3) is 0.320. The van der Waals surface area contributed by atoms with Gasteiger partial charge < -0.3 is 9.64 Å². The molecule has 168 valence electrons. The molecule has 0 saturated heterocycles. The van der Waals surface area contributed by atoms with Crippen molar-refractivity contribution in [2.24, 2.45) is 0 Å². The van der Waals surface area contributed by atoms with E-state index in [1.165, 1.54) is 23.8 Å². The van der Waals surface area contributed by atoms with Crippen LogP contribution in [-0.4, -0.2) is 30.8 Å². The Morgan fingerprint density at radius 3 is 2.26 bits per heavy atom. The third-order valence-electron chi connectivity index (χ3n) is 4.72. The van der Waals surface area contributed by atoms with Gasteiger partial charge in [0.2, 0.25) is 5.91 Å². The van der Waals surface area contributed by atoms with Crippen LogP contribution in [0.4, 0.5) is 13.2 Å². The topological polar surface area (TPSA) is 29.5 Å². The van der Waals surface area contributed by atoms with Gasteiger partial charge in [0.05, 0.1) is 0 Å². The molecule has 1 amide bonds. The maximum absolute atomic E-state index is 11.6. The molecule has 0 N–H and O–H groups in total. The molecule has 0 aliphatic rings. The summed E-state index contributed by atoms with van der Waals surface area (Å²) in [5, 5.41) is 0. The highest BCUT2D eigenvalue weighted by Gasteiger charge is 2.30. The molecular weight excluding hydrogens is 403 g/mol. The Balaban J connectivity index is 0.000000343. The van der Waals surface area contributed by atoms with E-state index in [9.17, 15) is 18.0 Å². The summed E-state index contributed by atoms with van der Waals surface area (Å²) in [7, 11) is 1.76. The molecule has 0 bridgehead atoms. The minimum atomic E-state index is -4.60. The van der Waals surface area contributed by atoms with Crippen LogP contribution in [0.15, 0.2) is 67.8 Å². The van der Waals surface area contributed by atoms with Gasteiger partial charge in [-0.2, -0.15) is 0 Å². The number of hydrogen-bond donors (Lipinski definition) is 0. The first-order valence-corrected chi connectivity index (χ1v) is 9.95. The third-order valence-corrected chi connectivity index (χ3v) is 4.72. The van der Waals surface area contributed by atoms with Gasteiger partial charge in [0.1, 0.15) is 5.75 Å². The number of ether oxygens (including phenoxy) is 1. The van der Waals surface area contributed by atoms with Crippen molar-refractivity contribution in [3.05, 3.63) is 84.5 Å². The van der Waals surface area contributed by atoms with Gasteiger partial charge in [-0.3, -0.25) is 4.79 Å². The molecule has 0 saturated carbocycles. The lowest BCUT2D eigenvalue weighted by Gasteiger charge is -2.20. The molecule has 1 unspecified atom stereocenters. The molecule has 31 heavy (non-hydrogen) atoms. The average molecular weight is 434 g/mol. The number of benzene rings is 2.